The average molecular weight is 393 g/mol. The maximum Gasteiger partial charge on any atom is 0.355 e. The van der Waals surface area contributed by atoms with Gasteiger partial charge in [0.25, 0.3) is 5.69 Å². The topological polar surface area (TPSA) is 98.2 Å². The zero-order valence-electron chi connectivity index (χ0n) is 15.6. The molecular formula is C19H16BN3O4S. The molecule has 0 aliphatic heterocycles. The molecule has 140 valence electrons. The number of ether oxygens (including phenoxy) is 1. The van der Waals surface area contributed by atoms with Crippen LogP contribution in [0.25, 0.3) is 21.6 Å². The number of nitriles is 1. The molecule has 2 aromatic heterocycles. The van der Waals surface area contributed by atoms with Crippen LogP contribution in [0.15, 0.2) is 35.7 Å². The predicted molar refractivity (Wildman–Crippen MR) is 110 cm³/mol. The molecule has 3 rings (SSSR count). The van der Waals surface area contributed by atoms with E-state index < -0.39 is 10.9 Å². The Morgan fingerprint density at radius 1 is 1.32 bits per heavy atom. The molecule has 3 aromatic rings. The third-order valence-electron chi connectivity index (χ3n) is 4.54. The maximum atomic E-state index is 12.5. The molecule has 2 heterocycles. The summed E-state index contributed by atoms with van der Waals surface area (Å²) in [5.41, 5.74) is 3.32. The normalized spacial score (nSPS) is 10.5. The van der Waals surface area contributed by atoms with Crippen LogP contribution in [0.1, 0.15) is 23.0 Å². The third kappa shape index (κ3) is 3.19. The lowest BCUT2D eigenvalue weighted by Gasteiger charge is -2.08. The molecule has 0 N–H and O–H groups in total. The van der Waals surface area contributed by atoms with Crippen LogP contribution in [-0.4, -0.2) is 29.9 Å². The summed E-state index contributed by atoms with van der Waals surface area (Å²) in [5, 5.41) is 22.5. The number of rotatable bonds is 5. The number of esters is 1. The van der Waals surface area contributed by atoms with Crippen LogP contribution in [0.4, 0.5) is 5.69 Å². The molecule has 7 nitrogen and oxygen atoms in total. The molecule has 0 bridgehead atoms. The molecule has 0 aliphatic carbocycles. The molecule has 0 unspecified atom stereocenters. The lowest BCUT2D eigenvalue weighted by molar-refractivity contribution is -0.383. The summed E-state index contributed by atoms with van der Waals surface area (Å²) in [6.07, 6.45) is 0. The SMILES string of the molecule is Bc1c(C#N)c(-c2ccc(-c3sccc3[N+](=O)[O-])cc2)c(C(=O)OCC)n1C. The molecule has 9 heteroatoms. The zero-order chi connectivity index (χ0) is 20.4. The van der Waals surface area contributed by atoms with Crippen LogP contribution >= 0.6 is 11.3 Å². The van der Waals surface area contributed by atoms with E-state index in [1.807, 2.05) is 0 Å². The molecule has 0 radical (unpaired) electrons. The van der Waals surface area contributed by atoms with Crippen molar-refractivity contribution < 1.29 is 14.5 Å². The van der Waals surface area contributed by atoms with Crippen LogP contribution in [0.3, 0.4) is 0 Å². The van der Waals surface area contributed by atoms with Gasteiger partial charge in [0.05, 0.1) is 17.1 Å². The van der Waals surface area contributed by atoms with Crippen LogP contribution in [0.2, 0.25) is 0 Å². The van der Waals surface area contributed by atoms with Crippen molar-refractivity contribution in [1.82, 2.24) is 4.57 Å². The van der Waals surface area contributed by atoms with Gasteiger partial charge >= 0.3 is 5.97 Å². The summed E-state index contributed by atoms with van der Waals surface area (Å²) in [7, 11) is 3.49. The quantitative estimate of drug-likeness (QED) is 0.287. The maximum absolute atomic E-state index is 12.5. The highest BCUT2D eigenvalue weighted by molar-refractivity contribution is 7.14. The Kier molecular flexibility index (Phi) is 5.33. The second-order valence-corrected chi connectivity index (χ2v) is 6.96. The van der Waals surface area contributed by atoms with E-state index in [1.54, 1.807) is 56.0 Å². The number of carbonyl (C=O) groups is 1. The standard InChI is InChI=1S/C19H16BN3O4S/c1-3-27-19(24)16-15(13(10-21)18(20)22(16)2)11-4-6-12(7-5-11)17-14(23(25)26)8-9-28-17/h4-9H,3,20H2,1-2H3. The van der Waals surface area contributed by atoms with Gasteiger partial charge in [-0.05, 0) is 29.0 Å². The van der Waals surface area contributed by atoms with Crippen molar-refractivity contribution in [2.45, 2.75) is 6.92 Å². The third-order valence-corrected chi connectivity index (χ3v) is 5.50. The second-order valence-electron chi connectivity index (χ2n) is 6.04. The number of benzene rings is 1. The van der Waals surface area contributed by atoms with Gasteiger partial charge in [-0.3, -0.25) is 10.1 Å². The van der Waals surface area contributed by atoms with E-state index in [-0.39, 0.29) is 12.3 Å². The minimum Gasteiger partial charge on any atom is -0.461 e. The number of carbonyl (C=O) groups excluding carboxylic acids is 1. The van der Waals surface area contributed by atoms with Crippen molar-refractivity contribution in [2.75, 3.05) is 6.61 Å². The lowest BCUT2D eigenvalue weighted by atomic mass is 9.93. The molecule has 0 fully saturated rings. The summed E-state index contributed by atoms with van der Waals surface area (Å²) < 4.78 is 6.82. The monoisotopic (exact) mass is 393 g/mol. The predicted octanol–water partition coefficient (Wildman–Crippen LogP) is 2.64. The van der Waals surface area contributed by atoms with Crippen molar-refractivity contribution in [3.8, 4) is 27.6 Å². The summed E-state index contributed by atoms with van der Waals surface area (Å²) >= 11 is 1.29. The van der Waals surface area contributed by atoms with Gasteiger partial charge in [0.2, 0.25) is 0 Å². The number of thiophene rings is 1. The fourth-order valence-corrected chi connectivity index (χ4v) is 3.98. The van der Waals surface area contributed by atoms with E-state index >= 15 is 0 Å². The van der Waals surface area contributed by atoms with Gasteiger partial charge < -0.3 is 9.30 Å². The van der Waals surface area contributed by atoms with Crippen LogP contribution in [0, 0.1) is 21.4 Å². The van der Waals surface area contributed by atoms with E-state index in [2.05, 4.69) is 6.07 Å². The molecule has 0 saturated carbocycles. The van der Waals surface area contributed by atoms with Crippen molar-refractivity contribution >= 4 is 36.4 Å². The van der Waals surface area contributed by atoms with Gasteiger partial charge in [-0.2, -0.15) is 5.26 Å². The summed E-state index contributed by atoms with van der Waals surface area (Å²) in [4.78, 5) is 23.8. The Morgan fingerprint density at radius 2 is 1.96 bits per heavy atom. The Morgan fingerprint density at radius 3 is 2.54 bits per heavy atom. The van der Waals surface area contributed by atoms with Gasteiger partial charge in [-0.25, -0.2) is 4.79 Å². The Balaban J connectivity index is 2.13. The molecule has 0 atom stereocenters. The van der Waals surface area contributed by atoms with Crippen molar-refractivity contribution in [3.05, 3.63) is 57.1 Å². The number of aromatic nitrogens is 1. The Bertz CT molecular complexity index is 1110. The van der Waals surface area contributed by atoms with E-state index in [9.17, 15) is 20.2 Å². The lowest BCUT2D eigenvalue weighted by Crippen LogP contribution is -2.20. The van der Waals surface area contributed by atoms with Crippen LogP contribution < -0.4 is 5.59 Å². The number of hydrogen-bond donors (Lipinski definition) is 0. The first-order chi connectivity index (χ1) is 13.4. The van der Waals surface area contributed by atoms with Crippen molar-refractivity contribution in [1.29, 1.82) is 5.26 Å². The van der Waals surface area contributed by atoms with Crippen molar-refractivity contribution in [3.63, 3.8) is 0 Å². The minimum atomic E-state index is -0.498. The van der Waals surface area contributed by atoms with Crippen LogP contribution in [0.5, 0.6) is 0 Å². The number of nitrogens with zero attached hydrogens (tertiary/aromatic N) is 3. The van der Waals surface area contributed by atoms with Gasteiger partial charge in [0.15, 0.2) is 7.85 Å². The fraction of sp³-hybridized carbons (Fsp3) is 0.158. The smallest absolute Gasteiger partial charge is 0.355 e. The van der Waals surface area contributed by atoms with Crippen LogP contribution in [-0.2, 0) is 11.8 Å². The molecule has 0 amide bonds. The summed E-state index contributed by atoms with van der Waals surface area (Å²) in [5.74, 6) is -0.498. The van der Waals surface area contributed by atoms with E-state index in [0.29, 0.717) is 38.4 Å². The fourth-order valence-electron chi connectivity index (χ4n) is 3.11. The highest BCUT2D eigenvalue weighted by Crippen LogP contribution is 2.37. The number of nitro groups is 1. The summed E-state index contributed by atoms with van der Waals surface area (Å²) in [6, 6.07) is 10.7. The molecular weight excluding hydrogens is 377 g/mol. The van der Waals surface area contributed by atoms with Gasteiger partial charge in [0.1, 0.15) is 16.6 Å². The van der Waals surface area contributed by atoms with E-state index in [0.717, 1.165) is 0 Å². The van der Waals surface area contributed by atoms with Gasteiger partial charge in [-0.1, -0.05) is 24.3 Å². The molecule has 0 aliphatic rings. The molecule has 0 spiro atoms. The Labute approximate surface area is 166 Å². The first kappa shape index (κ1) is 19.4. The average Bonchev–Trinajstić information content (AvgIpc) is 3.26. The highest BCUT2D eigenvalue weighted by Gasteiger charge is 2.26. The molecule has 0 saturated heterocycles. The highest BCUT2D eigenvalue weighted by atomic mass is 32.1. The zero-order valence-corrected chi connectivity index (χ0v) is 16.4. The first-order valence-corrected chi connectivity index (χ1v) is 9.37. The largest absolute Gasteiger partial charge is 0.461 e. The first-order valence-electron chi connectivity index (χ1n) is 8.49. The molecule has 28 heavy (non-hydrogen) atoms. The number of hydrogen-bond acceptors (Lipinski definition) is 6. The summed E-state index contributed by atoms with van der Waals surface area (Å²) in [6.45, 7) is 1.95. The molecule has 1 aromatic carbocycles. The van der Waals surface area contributed by atoms with Gasteiger partial charge in [0, 0.05) is 18.7 Å². The second kappa shape index (κ2) is 7.70. The van der Waals surface area contributed by atoms with E-state index in [1.165, 1.54) is 17.4 Å². The Hall–Kier alpha value is -3.38. The van der Waals surface area contributed by atoms with E-state index in [4.69, 9.17) is 4.74 Å². The van der Waals surface area contributed by atoms with Gasteiger partial charge in [-0.15, -0.1) is 11.3 Å². The minimum absolute atomic E-state index is 0.0539. The van der Waals surface area contributed by atoms with Crippen molar-refractivity contribution in [2.24, 2.45) is 7.05 Å².